The maximum Gasteiger partial charge on any atom is 0.00694 e. The van der Waals surface area contributed by atoms with Gasteiger partial charge in [-0.15, -0.1) is 0 Å². The monoisotopic (exact) mass is 251 g/mol. The summed E-state index contributed by atoms with van der Waals surface area (Å²) in [6.07, 6.45) is 15.1. The van der Waals surface area contributed by atoms with E-state index in [4.69, 9.17) is 0 Å². The van der Waals surface area contributed by atoms with E-state index in [1.165, 1.54) is 70.9 Å². The van der Waals surface area contributed by atoms with Crippen LogP contribution in [0.3, 0.4) is 0 Å². The van der Waals surface area contributed by atoms with Crippen molar-refractivity contribution >= 4 is 0 Å². The Morgan fingerprint density at radius 3 is 2.17 bits per heavy atom. The summed E-state index contributed by atoms with van der Waals surface area (Å²) in [6.45, 7) is 7.35. The van der Waals surface area contributed by atoms with Gasteiger partial charge in [-0.05, 0) is 51.1 Å². The maximum absolute atomic E-state index is 2.66. The lowest BCUT2D eigenvalue weighted by molar-refractivity contribution is 0.113. The van der Waals surface area contributed by atoms with Crippen molar-refractivity contribution in [2.24, 2.45) is 11.8 Å². The molecule has 0 spiro atoms. The molecule has 2 fully saturated rings. The van der Waals surface area contributed by atoms with Gasteiger partial charge in [-0.2, -0.15) is 0 Å². The fourth-order valence-electron chi connectivity index (χ4n) is 4.25. The molecule has 1 aliphatic heterocycles. The minimum absolute atomic E-state index is 0.835. The van der Waals surface area contributed by atoms with Gasteiger partial charge >= 0.3 is 0 Å². The van der Waals surface area contributed by atoms with Crippen molar-refractivity contribution in [2.45, 2.75) is 84.1 Å². The summed E-state index contributed by atoms with van der Waals surface area (Å²) < 4.78 is 0. The standard InChI is InChI=1S/C17H33N/c1-3-18-12-11-17(13-15(18)2)14-16-9-7-5-4-6-8-10-16/h15-17H,3-14H2,1-2H3. The van der Waals surface area contributed by atoms with Gasteiger partial charge < -0.3 is 4.90 Å². The van der Waals surface area contributed by atoms with Crippen molar-refractivity contribution in [3.05, 3.63) is 0 Å². The van der Waals surface area contributed by atoms with E-state index < -0.39 is 0 Å². The van der Waals surface area contributed by atoms with E-state index in [-0.39, 0.29) is 0 Å². The molecule has 0 aromatic carbocycles. The fourth-order valence-corrected chi connectivity index (χ4v) is 4.25. The van der Waals surface area contributed by atoms with Crippen molar-refractivity contribution < 1.29 is 0 Å². The smallest absolute Gasteiger partial charge is 0.00694 e. The third-order valence-corrected chi connectivity index (χ3v) is 5.42. The van der Waals surface area contributed by atoms with Crippen molar-refractivity contribution in [2.75, 3.05) is 13.1 Å². The second kappa shape index (κ2) is 7.53. The lowest BCUT2D eigenvalue weighted by Crippen LogP contribution is -2.40. The Kier molecular flexibility index (Phi) is 6.01. The lowest BCUT2D eigenvalue weighted by Gasteiger charge is -2.38. The Morgan fingerprint density at radius 2 is 1.56 bits per heavy atom. The van der Waals surface area contributed by atoms with Crippen LogP contribution in [-0.4, -0.2) is 24.0 Å². The van der Waals surface area contributed by atoms with Crippen molar-refractivity contribution in [1.82, 2.24) is 4.90 Å². The van der Waals surface area contributed by atoms with E-state index in [9.17, 15) is 0 Å². The molecule has 2 unspecified atom stereocenters. The highest BCUT2D eigenvalue weighted by Crippen LogP contribution is 2.33. The van der Waals surface area contributed by atoms with E-state index in [0.717, 1.165) is 17.9 Å². The molecule has 1 heterocycles. The minimum atomic E-state index is 0.835. The van der Waals surface area contributed by atoms with E-state index in [1.54, 1.807) is 6.42 Å². The molecule has 0 N–H and O–H groups in total. The zero-order valence-electron chi connectivity index (χ0n) is 12.7. The summed E-state index contributed by atoms with van der Waals surface area (Å²) in [6, 6.07) is 0.835. The van der Waals surface area contributed by atoms with Crippen LogP contribution in [0.5, 0.6) is 0 Å². The number of hydrogen-bond acceptors (Lipinski definition) is 1. The predicted octanol–water partition coefficient (Wildman–Crippen LogP) is 4.86. The summed E-state index contributed by atoms with van der Waals surface area (Å²) >= 11 is 0. The molecule has 2 rings (SSSR count). The molecular formula is C17H33N. The first kappa shape index (κ1) is 14.4. The van der Waals surface area contributed by atoms with Gasteiger partial charge in [-0.1, -0.05) is 51.9 Å². The van der Waals surface area contributed by atoms with Gasteiger partial charge in [-0.3, -0.25) is 0 Å². The first-order valence-electron chi connectivity index (χ1n) is 8.53. The predicted molar refractivity (Wildman–Crippen MR) is 79.9 cm³/mol. The van der Waals surface area contributed by atoms with Gasteiger partial charge in [0.15, 0.2) is 0 Å². The van der Waals surface area contributed by atoms with E-state index in [2.05, 4.69) is 18.7 Å². The van der Waals surface area contributed by atoms with E-state index in [1.807, 2.05) is 0 Å². The van der Waals surface area contributed by atoms with Crippen molar-refractivity contribution in [1.29, 1.82) is 0 Å². The summed E-state index contributed by atoms with van der Waals surface area (Å²) in [5.74, 6) is 2.10. The quantitative estimate of drug-likeness (QED) is 0.692. The van der Waals surface area contributed by atoms with Gasteiger partial charge in [0, 0.05) is 6.04 Å². The average molecular weight is 251 g/mol. The first-order chi connectivity index (χ1) is 8.79. The van der Waals surface area contributed by atoms with Crippen LogP contribution in [0.1, 0.15) is 78.1 Å². The van der Waals surface area contributed by atoms with Gasteiger partial charge in [0.05, 0.1) is 0 Å². The third kappa shape index (κ3) is 4.26. The first-order valence-corrected chi connectivity index (χ1v) is 8.53. The molecule has 0 radical (unpaired) electrons. The summed E-state index contributed by atoms with van der Waals surface area (Å²) in [5.41, 5.74) is 0. The van der Waals surface area contributed by atoms with Crippen LogP contribution in [0, 0.1) is 11.8 Å². The second-order valence-electron chi connectivity index (χ2n) is 6.81. The Hall–Kier alpha value is -0.0400. The van der Waals surface area contributed by atoms with Gasteiger partial charge in [-0.25, -0.2) is 0 Å². The average Bonchev–Trinajstić information content (AvgIpc) is 2.33. The van der Waals surface area contributed by atoms with Crippen LogP contribution < -0.4 is 0 Å². The molecule has 1 saturated carbocycles. The van der Waals surface area contributed by atoms with Crippen molar-refractivity contribution in [3.63, 3.8) is 0 Å². The molecule has 0 aromatic rings. The highest BCUT2D eigenvalue weighted by molar-refractivity contribution is 4.80. The summed E-state index contributed by atoms with van der Waals surface area (Å²) in [4.78, 5) is 2.66. The van der Waals surface area contributed by atoms with Gasteiger partial charge in [0.1, 0.15) is 0 Å². The molecular weight excluding hydrogens is 218 g/mol. The second-order valence-corrected chi connectivity index (χ2v) is 6.81. The number of piperidine rings is 1. The minimum Gasteiger partial charge on any atom is -0.301 e. The topological polar surface area (TPSA) is 3.24 Å². The molecule has 106 valence electrons. The Balaban J connectivity index is 1.75. The normalized spacial score (nSPS) is 33.0. The SMILES string of the molecule is CCN1CCC(CC2CCCCCCC2)CC1C. The molecule has 1 saturated heterocycles. The largest absolute Gasteiger partial charge is 0.301 e. The van der Waals surface area contributed by atoms with E-state index >= 15 is 0 Å². The van der Waals surface area contributed by atoms with Crippen LogP contribution in [0.2, 0.25) is 0 Å². The zero-order chi connectivity index (χ0) is 12.8. The van der Waals surface area contributed by atoms with Crippen LogP contribution in [0.25, 0.3) is 0 Å². The van der Waals surface area contributed by atoms with Crippen molar-refractivity contribution in [3.8, 4) is 0 Å². The highest BCUT2D eigenvalue weighted by atomic mass is 15.1. The lowest BCUT2D eigenvalue weighted by atomic mass is 9.79. The van der Waals surface area contributed by atoms with Gasteiger partial charge in [0.25, 0.3) is 0 Å². The van der Waals surface area contributed by atoms with Crippen LogP contribution in [0.15, 0.2) is 0 Å². The van der Waals surface area contributed by atoms with Crippen LogP contribution in [0.4, 0.5) is 0 Å². The maximum atomic E-state index is 2.66. The van der Waals surface area contributed by atoms with Crippen LogP contribution >= 0.6 is 0 Å². The molecule has 1 aliphatic carbocycles. The number of hydrogen-bond donors (Lipinski definition) is 0. The number of likely N-dealkylation sites (tertiary alicyclic amines) is 1. The van der Waals surface area contributed by atoms with E-state index in [0.29, 0.717) is 0 Å². The molecule has 0 amide bonds. The molecule has 2 atom stereocenters. The molecule has 18 heavy (non-hydrogen) atoms. The Bertz CT molecular complexity index is 218. The summed E-state index contributed by atoms with van der Waals surface area (Å²) in [5, 5.41) is 0. The zero-order valence-corrected chi connectivity index (χ0v) is 12.7. The summed E-state index contributed by atoms with van der Waals surface area (Å²) in [7, 11) is 0. The Labute approximate surface area is 114 Å². The molecule has 1 nitrogen and oxygen atoms in total. The molecule has 1 heteroatoms. The third-order valence-electron chi connectivity index (χ3n) is 5.42. The van der Waals surface area contributed by atoms with Crippen LogP contribution in [-0.2, 0) is 0 Å². The molecule has 0 bridgehead atoms. The number of rotatable bonds is 3. The van der Waals surface area contributed by atoms with Gasteiger partial charge in [0.2, 0.25) is 0 Å². The fraction of sp³-hybridized carbons (Fsp3) is 1.00. The number of nitrogens with zero attached hydrogens (tertiary/aromatic N) is 1. The Morgan fingerprint density at radius 1 is 0.889 bits per heavy atom. The molecule has 0 aromatic heterocycles. The highest BCUT2D eigenvalue weighted by Gasteiger charge is 2.26. The molecule has 2 aliphatic rings.